The predicted octanol–water partition coefficient (Wildman–Crippen LogP) is 3.70. The first kappa shape index (κ1) is 14.0. The van der Waals surface area contributed by atoms with Crippen molar-refractivity contribution in [3.8, 4) is 0 Å². The van der Waals surface area contributed by atoms with Gasteiger partial charge in [0, 0.05) is 24.3 Å². The molecule has 17 heavy (non-hydrogen) atoms. The maximum atomic E-state index is 5.73. The van der Waals surface area contributed by atoms with Crippen molar-refractivity contribution in [3.63, 3.8) is 0 Å². The van der Waals surface area contributed by atoms with E-state index in [1.54, 1.807) is 0 Å². The standard InChI is InChI=1S/C15H26N2/c1-11(2)10-17(12(3)4)13(5)14-6-8-15(16)9-7-14/h6-9,11-13H,10,16H2,1-5H3. The van der Waals surface area contributed by atoms with Crippen LogP contribution in [0.1, 0.15) is 46.2 Å². The molecule has 0 aliphatic heterocycles. The number of benzene rings is 1. The van der Waals surface area contributed by atoms with Crippen molar-refractivity contribution in [2.75, 3.05) is 12.3 Å². The van der Waals surface area contributed by atoms with Crippen LogP contribution >= 0.6 is 0 Å². The second kappa shape index (κ2) is 6.06. The summed E-state index contributed by atoms with van der Waals surface area (Å²) in [6, 6.07) is 9.24. The minimum atomic E-state index is 0.443. The third kappa shape index (κ3) is 4.04. The van der Waals surface area contributed by atoms with Crippen molar-refractivity contribution >= 4 is 5.69 Å². The average Bonchev–Trinajstić information content (AvgIpc) is 2.25. The summed E-state index contributed by atoms with van der Waals surface area (Å²) < 4.78 is 0. The Kier molecular flexibility index (Phi) is 5.01. The minimum Gasteiger partial charge on any atom is -0.399 e. The van der Waals surface area contributed by atoms with Gasteiger partial charge in [0.25, 0.3) is 0 Å². The maximum absolute atomic E-state index is 5.73. The molecule has 96 valence electrons. The second-order valence-corrected chi connectivity index (χ2v) is 5.53. The molecule has 1 aromatic rings. The number of rotatable bonds is 5. The molecule has 0 saturated heterocycles. The molecule has 0 amide bonds. The van der Waals surface area contributed by atoms with Crippen LogP contribution in [0.2, 0.25) is 0 Å². The van der Waals surface area contributed by atoms with Gasteiger partial charge >= 0.3 is 0 Å². The first-order valence-electron chi connectivity index (χ1n) is 6.53. The van der Waals surface area contributed by atoms with E-state index in [2.05, 4.69) is 51.7 Å². The lowest BCUT2D eigenvalue weighted by atomic mass is 10.0. The highest BCUT2D eigenvalue weighted by Gasteiger charge is 2.19. The van der Waals surface area contributed by atoms with Crippen molar-refractivity contribution in [3.05, 3.63) is 29.8 Å². The van der Waals surface area contributed by atoms with Crippen LogP contribution in [0.4, 0.5) is 5.69 Å². The van der Waals surface area contributed by atoms with E-state index >= 15 is 0 Å². The molecule has 1 rings (SSSR count). The van der Waals surface area contributed by atoms with Gasteiger partial charge in [-0.3, -0.25) is 4.90 Å². The summed E-state index contributed by atoms with van der Waals surface area (Å²) in [6.07, 6.45) is 0. The Morgan fingerprint density at radius 2 is 1.53 bits per heavy atom. The lowest BCUT2D eigenvalue weighted by molar-refractivity contribution is 0.145. The molecule has 2 N–H and O–H groups in total. The summed E-state index contributed by atoms with van der Waals surface area (Å²) in [5, 5.41) is 0. The van der Waals surface area contributed by atoms with E-state index in [9.17, 15) is 0 Å². The van der Waals surface area contributed by atoms with Crippen molar-refractivity contribution < 1.29 is 0 Å². The van der Waals surface area contributed by atoms with E-state index in [1.807, 2.05) is 12.1 Å². The predicted molar refractivity (Wildman–Crippen MR) is 75.9 cm³/mol. The first-order valence-corrected chi connectivity index (χ1v) is 6.53. The quantitative estimate of drug-likeness (QED) is 0.787. The Bertz CT molecular complexity index is 327. The van der Waals surface area contributed by atoms with Crippen LogP contribution in [-0.2, 0) is 0 Å². The van der Waals surface area contributed by atoms with Gasteiger partial charge in [-0.05, 0) is 44.4 Å². The molecule has 1 atom stereocenters. The molecule has 1 unspecified atom stereocenters. The van der Waals surface area contributed by atoms with Crippen LogP contribution < -0.4 is 5.73 Å². The number of anilines is 1. The van der Waals surface area contributed by atoms with Gasteiger partial charge < -0.3 is 5.73 Å². The van der Waals surface area contributed by atoms with Gasteiger partial charge in [0.2, 0.25) is 0 Å². The van der Waals surface area contributed by atoms with Gasteiger partial charge in [0.15, 0.2) is 0 Å². The molecule has 2 heteroatoms. The second-order valence-electron chi connectivity index (χ2n) is 5.53. The molecule has 0 aliphatic rings. The van der Waals surface area contributed by atoms with Crippen LogP contribution in [0.25, 0.3) is 0 Å². The molecule has 0 aromatic heterocycles. The van der Waals surface area contributed by atoms with Crippen LogP contribution in [0.5, 0.6) is 0 Å². The lowest BCUT2D eigenvalue weighted by Crippen LogP contribution is -2.36. The van der Waals surface area contributed by atoms with Crippen LogP contribution in [0.3, 0.4) is 0 Å². The van der Waals surface area contributed by atoms with E-state index in [0.717, 1.165) is 12.2 Å². The Labute approximate surface area is 106 Å². The smallest absolute Gasteiger partial charge is 0.0322 e. The summed E-state index contributed by atoms with van der Waals surface area (Å²) in [6.45, 7) is 12.5. The highest BCUT2D eigenvalue weighted by molar-refractivity contribution is 5.40. The summed E-state index contributed by atoms with van der Waals surface area (Å²) in [7, 11) is 0. The van der Waals surface area contributed by atoms with Crippen molar-refractivity contribution in [1.82, 2.24) is 4.90 Å². The van der Waals surface area contributed by atoms with Crippen LogP contribution in [0.15, 0.2) is 24.3 Å². The Balaban J connectivity index is 2.83. The third-order valence-corrected chi connectivity index (χ3v) is 3.16. The Morgan fingerprint density at radius 3 is 1.94 bits per heavy atom. The highest BCUT2D eigenvalue weighted by Crippen LogP contribution is 2.24. The fraction of sp³-hybridized carbons (Fsp3) is 0.600. The monoisotopic (exact) mass is 234 g/mol. The molecule has 2 nitrogen and oxygen atoms in total. The summed E-state index contributed by atoms with van der Waals surface area (Å²) in [5.74, 6) is 0.689. The minimum absolute atomic E-state index is 0.443. The van der Waals surface area contributed by atoms with Crippen LogP contribution in [0, 0.1) is 5.92 Å². The van der Waals surface area contributed by atoms with E-state index < -0.39 is 0 Å². The van der Waals surface area contributed by atoms with E-state index in [0.29, 0.717) is 18.0 Å². The summed E-state index contributed by atoms with van der Waals surface area (Å²) >= 11 is 0. The van der Waals surface area contributed by atoms with Gasteiger partial charge in [-0.1, -0.05) is 26.0 Å². The van der Waals surface area contributed by atoms with Gasteiger partial charge in [-0.15, -0.1) is 0 Å². The first-order chi connectivity index (χ1) is 7.91. The Hall–Kier alpha value is -1.02. The number of hydrogen-bond acceptors (Lipinski definition) is 2. The van der Waals surface area contributed by atoms with E-state index in [4.69, 9.17) is 5.73 Å². The molecular weight excluding hydrogens is 208 g/mol. The van der Waals surface area contributed by atoms with Gasteiger partial charge in [0.05, 0.1) is 0 Å². The molecule has 0 fully saturated rings. The zero-order valence-electron chi connectivity index (χ0n) is 11.8. The van der Waals surface area contributed by atoms with Gasteiger partial charge in [-0.25, -0.2) is 0 Å². The van der Waals surface area contributed by atoms with Crippen molar-refractivity contribution in [2.45, 2.75) is 46.7 Å². The van der Waals surface area contributed by atoms with Crippen LogP contribution in [-0.4, -0.2) is 17.5 Å². The topological polar surface area (TPSA) is 29.3 Å². The van der Waals surface area contributed by atoms with Gasteiger partial charge in [-0.2, -0.15) is 0 Å². The van der Waals surface area contributed by atoms with Crippen molar-refractivity contribution in [2.24, 2.45) is 5.92 Å². The number of nitrogens with zero attached hydrogens (tertiary/aromatic N) is 1. The lowest BCUT2D eigenvalue weighted by Gasteiger charge is -2.34. The zero-order valence-corrected chi connectivity index (χ0v) is 11.8. The normalized spacial score (nSPS) is 13.6. The van der Waals surface area contributed by atoms with Crippen molar-refractivity contribution in [1.29, 1.82) is 0 Å². The fourth-order valence-corrected chi connectivity index (χ4v) is 2.20. The number of hydrogen-bond donors (Lipinski definition) is 1. The molecular formula is C15H26N2. The number of nitrogen functional groups attached to an aromatic ring is 1. The molecule has 0 heterocycles. The Morgan fingerprint density at radius 1 is 1.00 bits per heavy atom. The van der Waals surface area contributed by atoms with E-state index in [-0.39, 0.29) is 0 Å². The summed E-state index contributed by atoms with van der Waals surface area (Å²) in [5.41, 5.74) is 7.91. The highest BCUT2D eigenvalue weighted by atomic mass is 15.2. The molecule has 0 saturated carbocycles. The molecule has 1 aromatic carbocycles. The number of nitrogens with two attached hydrogens (primary N) is 1. The molecule has 0 radical (unpaired) electrons. The van der Waals surface area contributed by atoms with Gasteiger partial charge in [0.1, 0.15) is 0 Å². The summed E-state index contributed by atoms with van der Waals surface area (Å²) in [4.78, 5) is 2.54. The molecule has 0 aliphatic carbocycles. The SMILES string of the molecule is CC(C)CN(C(C)C)C(C)c1ccc(N)cc1. The largest absolute Gasteiger partial charge is 0.399 e. The zero-order chi connectivity index (χ0) is 13.0. The molecule has 0 bridgehead atoms. The molecule has 0 spiro atoms. The average molecular weight is 234 g/mol. The fourth-order valence-electron chi connectivity index (χ4n) is 2.20. The maximum Gasteiger partial charge on any atom is 0.0322 e. The third-order valence-electron chi connectivity index (χ3n) is 3.16. The van der Waals surface area contributed by atoms with E-state index in [1.165, 1.54) is 5.56 Å².